The highest BCUT2D eigenvalue weighted by molar-refractivity contribution is 9.10. The Morgan fingerprint density at radius 1 is 1.27 bits per heavy atom. The maximum atomic E-state index is 13.7. The number of hydrogen-bond acceptors (Lipinski definition) is 2. The molecule has 1 saturated heterocycles. The van der Waals surface area contributed by atoms with Crippen LogP contribution in [-0.4, -0.2) is 41.1 Å². The van der Waals surface area contributed by atoms with Gasteiger partial charge in [-0.25, -0.2) is 4.39 Å². The third-order valence-electron chi connectivity index (χ3n) is 3.51. The Morgan fingerprint density at radius 2 is 1.91 bits per heavy atom. The molecule has 120 valence electrons. The molecule has 2 atom stereocenters. The molecule has 1 heterocycles. The quantitative estimate of drug-likeness (QED) is 0.798. The van der Waals surface area contributed by atoms with E-state index in [-0.39, 0.29) is 0 Å². The van der Waals surface area contributed by atoms with Gasteiger partial charge in [-0.15, -0.1) is 0 Å². The molecule has 1 fully saturated rings. The molecule has 1 N–H and O–H groups in total. The van der Waals surface area contributed by atoms with Gasteiger partial charge in [0.15, 0.2) is 0 Å². The van der Waals surface area contributed by atoms with Gasteiger partial charge in [-0.05, 0) is 18.2 Å². The van der Waals surface area contributed by atoms with Gasteiger partial charge in [-0.2, -0.15) is 13.2 Å². The van der Waals surface area contributed by atoms with Crippen molar-refractivity contribution in [2.75, 3.05) is 13.1 Å². The van der Waals surface area contributed by atoms with Crippen LogP contribution in [0.1, 0.15) is 10.4 Å². The molecule has 0 aliphatic carbocycles. The summed E-state index contributed by atoms with van der Waals surface area (Å²) < 4.78 is 52.7. The molecule has 0 bridgehead atoms. The average Bonchev–Trinajstić information content (AvgIpc) is 2.83. The standard InChI is InChI=1S/C13H10BrF4NO3/c14-6-1-2-7(10(15)3-6)11(20)19-4-8(12(21)22)9(5-19)13(16,17)18/h1-3,8-9H,4-5H2,(H,21,22)/t8-,9-/m1/s1. The number of nitrogens with zero attached hydrogens (tertiary/aromatic N) is 1. The number of carbonyl (C=O) groups excluding carboxylic acids is 1. The van der Waals surface area contributed by atoms with Crippen LogP contribution in [0.2, 0.25) is 0 Å². The largest absolute Gasteiger partial charge is 0.481 e. The first-order valence-corrected chi connectivity index (χ1v) is 6.94. The molecular weight excluding hydrogens is 374 g/mol. The second-order valence-electron chi connectivity index (χ2n) is 4.93. The van der Waals surface area contributed by atoms with Crippen molar-refractivity contribution in [3.63, 3.8) is 0 Å². The molecule has 2 rings (SSSR count). The number of likely N-dealkylation sites (tertiary alicyclic amines) is 1. The van der Waals surface area contributed by atoms with Crippen molar-refractivity contribution >= 4 is 27.8 Å². The summed E-state index contributed by atoms with van der Waals surface area (Å²) in [5.74, 6) is -7.38. The zero-order valence-corrected chi connectivity index (χ0v) is 12.5. The monoisotopic (exact) mass is 383 g/mol. The molecule has 1 aliphatic heterocycles. The van der Waals surface area contributed by atoms with E-state index in [1.807, 2.05) is 0 Å². The van der Waals surface area contributed by atoms with E-state index >= 15 is 0 Å². The Kier molecular flexibility index (Phi) is 4.46. The van der Waals surface area contributed by atoms with E-state index in [1.54, 1.807) is 0 Å². The number of rotatable bonds is 2. The Morgan fingerprint density at radius 3 is 2.36 bits per heavy atom. The number of amides is 1. The van der Waals surface area contributed by atoms with Crippen molar-refractivity contribution in [2.24, 2.45) is 11.8 Å². The van der Waals surface area contributed by atoms with Crippen molar-refractivity contribution in [2.45, 2.75) is 6.18 Å². The second kappa shape index (κ2) is 5.86. The lowest BCUT2D eigenvalue weighted by Gasteiger charge is -2.18. The molecule has 0 radical (unpaired) electrons. The van der Waals surface area contributed by atoms with Crippen LogP contribution in [0.4, 0.5) is 17.6 Å². The minimum atomic E-state index is -4.74. The molecule has 0 aromatic heterocycles. The number of halogens is 5. The van der Waals surface area contributed by atoms with E-state index in [9.17, 15) is 27.2 Å². The maximum absolute atomic E-state index is 13.7. The molecular formula is C13H10BrF4NO3. The lowest BCUT2D eigenvalue weighted by Crippen LogP contribution is -2.34. The molecule has 0 spiro atoms. The second-order valence-corrected chi connectivity index (χ2v) is 5.84. The lowest BCUT2D eigenvalue weighted by molar-refractivity contribution is -0.187. The summed E-state index contributed by atoms with van der Waals surface area (Å²) in [5.41, 5.74) is -0.393. The van der Waals surface area contributed by atoms with E-state index in [0.29, 0.717) is 4.47 Å². The fourth-order valence-electron chi connectivity index (χ4n) is 2.38. The Bertz CT molecular complexity index is 620. The van der Waals surface area contributed by atoms with Gasteiger partial charge < -0.3 is 10.0 Å². The Labute approximate surface area is 130 Å². The van der Waals surface area contributed by atoms with Gasteiger partial charge in [-0.3, -0.25) is 9.59 Å². The summed E-state index contributed by atoms with van der Waals surface area (Å²) in [4.78, 5) is 23.8. The number of hydrogen-bond donors (Lipinski definition) is 1. The van der Waals surface area contributed by atoms with Gasteiger partial charge in [0.25, 0.3) is 5.91 Å². The molecule has 1 aromatic carbocycles. The number of carboxylic acids is 1. The van der Waals surface area contributed by atoms with Gasteiger partial charge in [0.05, 0.1) is 17.4 Å². The number of carbonyl (C=O) groups is 2. The summed E-state index contributed by atoms with van der Waals surface area (Å²) in [7, 11) is 0. The van der Waals surface area contributed by atoms with Crippen molar-refractivity contribution in [3.05, 3.63) is 34.1 Å². The molecule has 9 heteroatoms. The number of aliphatic carboxylic acids is 1. The van der Waals surface area contributed by atoms with Gasteiger partial charge in [0.2, 0.25) is 0 Å². The van der Waals surface area contributed by atoms with Crippen molar-refractivity contribution < 1.29 is 32.3 Å². The van der Waals surface area contributed by atoms with Crippen molar-refractivity contribution in [3.8, 4) is 0 Å². The third-order valence-corrected chi connectivity index (χ3v) is 4.00. The first-order chi connectivity index (χ1) is 10.1. The van der Waals surface area contributed by atoms with Crippen LogP contribution < -0.4 is 0 Å². The zero-order valence-electron chi connectivity index (χ0n) is 10.9. The van der Waals surface area contributed by atoms with Crippen LogP contribution in [0.3, 0.4) is 0 Å². The van der Waals surface area contributed by atoms with Crippen LogP contribution in [0.5, 0.6) is 0 Å². The summed E-state index contributed by atoms with van der Waals surface area (Å²) in [6.07, 6.45) is -4.74. The van der Waals surface area contributed by atoms with Crippen LogP contribution in [0.25, 0.3) is 0 Å². The van der Waals surface area contributed by atoms with Crippen molar-refractivity contribution in [1.82, 2.24) is 4.90 Å². The molecule has 1 aromatic rings. The fourth-order valence-corrected chi connectivity index (χ4v) is 2.72. The summed E-state index contributed by atoms with van der Waals surface area (Å²) >= 11 is 3.00. The van der Waals surface area contributed by atoms with Crippen molar-refractivity contribution in [1.29, 1.82) is 0 Å². The maximum Gasteiger partial charge on any atom is 0.394 e. The predicted octanol–water partition coefficient (Wildman–Crippen LogP) is 2.92. The molecule has 0 saturated carbocycles. The first-order valence-electron chi connectivity index (χ1n) is 6.15. The zero-order chi connectivity index (χ0) is 16.7. The number of benzene rings is 1. The number of carboxylic acid groups (broad SMARTS) is 1. The minimum Gasteiger partial charge on any atom is -0.481 e. The SMILES string of the molecule is O=C(O)[C@@H]1CN(C(=O)c2ccc(Br)cc2F)C[C@H]1C(F)(F)F. The van der Waals surface area contributed by atoms with Crippen LogP contribution >= 0.6 is 15.9 Å². The minimum absolute atomic E-state index is 0.375. The molecule has 0 unspecified atom stereocenters. The van der Waals surface area contributed by atoms with E-state index in [2.05, 4.69) is 15.9 Å². The van der Waals surface area contributed by atoms with E-state index in [1.165, 1.54) is 6.07 Å². The van der Waals surface area contributed by atoms with Gasteiger partial charge in [0.1, 0.15) is 5.82 Å². The molecule has 1 aliphatic rings. The van der Waals surface area contributed by atoms with Gasteiger partial charge in [-0.1, -0.05) is 15.9 Å². The fraction of sp³-hybridized carbons (Fsp3) is 0.385. The van der Waals surface area contributed by atoms with Gasteiger partial charge >= 0.3 is 12.1 Å². The highest BCUT2D eigenvalue weighted by Crippen LogP contribution is 2.38. The topological polar surface area (TPSA) is 57.6 Å². The van der Waals surface area contributed by atoms with Crippen LogP contribution in [0, 0.1) is 17.7 Å². The summed E-state index contributed by atoms with van der Waals surface area (Å²) in [6.45, 7) is -1.40. The average molecular weight is 384 g/mol. The Hall–Kier alpha value is -1.64. The lowest BCUT2D eigenvalue weighted by atomic mass is 9.96. The van der Waals surface area contributed by atoms with E-state index in [4.69, 9.17) is 5.11 Å². The first kappa shape index (κ1) is 16.7. The van der Waals surface area contributed by atoms with E-state index in [0.717, 1.165) is 17.0 Å². The smallest absolute Gasteiger partial charge is 0.394 e. The summed E-state index contributed by atoms with van der Waals surface area (Å²) in [6, 6.07) is 3.53. The van der Waals surface area contributed by atoms with Crippen LogP contribution in [0.15, 0.2) is 22.7 Å². The predicted molar refractivity (Wildman–Crippen MR) is 70.7 cm³/mol. The van der Waals surface area contributed by atoms with Crippen LogP contribution in [-0.2, 0) is 4.79 Å². The van der Waals surface area contributed by atoms with Gasteiger partial charge in [0, 0.05) is 17.6 Å². The number of alkyl halides is 3. The third kappa shape index (κ3) is 3.23. The molecule has 4 nitrogen and oxygen atoms in total. The summed E-state index contributed by atoms with van der Waals surface area (Å²) in [5, 5.41) is 8.89. The molecule has 1 amide bonds. The molecule has 22 heavy (non-hydrogen) atoms. The highest BCUT2D eigenvalue weighted by Gasteiger charge is 2.53. The Balaban J connectivity index is 2.27. The normalized spacial score (nSPS) is 22.0. The highest BCUT2D eigenvalue weighted by atomic mass is 79.9. The van der Waals surface area contributed by atoms with E-state index < -0.39 is 54.4 Å².